The number of carbonyl (C=O) groups excluding carboxylic acids is 1. The summed E-state index contributed by atoms with van der Waals surface area (Å²) in [5.74, 6) is -2.44. The minimum absolute atomic E-state index is 0.0863. The van der Waals surface area contributed by atoms with Crippen molar-refractivity contribution >= 4 is 23.5 Å². The first-order valence-corrected chi connectivity index (χ1v) is 7.81. The van der Waals surface area contributed by atoms with Crippen LogP contribution in [0.4, 0.5) is 0 Å². The third-order valence-electron chi connectivity index (χ3n) is 3.64. The van der Waals surface area contributed by atoms with Crippen LogP contribution in [0.5, 0.6) is 0 Å². The fourth-order valence-corrected chi connectivity index (χ4v) is 2.27. The number of nitrogens with one attached hydrogen (secondary N) is 1. The number of aliphatic carboxylic acids is 1. The summed E-state index contributed by atoms with van der Waals surface area (Å²) in [4.78, 5) is 23.2. The van der Waals surface area contributed by atoms with E-state index in [0.717, 1.165) is 5.56 Å². The van der Waals surface area contributed by atoms with Gasteiger partial charge in [0.1, 0.15) is 0 Å². The molecule has 0 saturated carbocycles. The molecule has 0 aliphatic rings. The van der Waals surface area contributed by atoms with Gasteiger partial charge < -0.3 is 21.3 Å². The van der Waals surface area contributed by atoms with E-state index in [1.807, 2.05) is 12.1 Å². The van der Waals surface area contributed by atoms with Gasteiger partial charge in [0.2, 0.25) is 5.91 Å². The molecule has 0 aliphatic carbocycles. The smallest absolute Gasteiger partial charge is 0.358 e. The zero-order chi connectivity index (χ0) is 17.6. The molecule has 0 saturated heterocycles. The van der Waals surface area contributed by atoms with Gasteiger partial charge in [0.25, 0.3) is 5.72 Å². The van der Waals surface area contributed by atoms with Crippen LogP contribution >= 0.6 is 11.6 Å². The Morgan fingerprint density at radius 2 is 1.87 bits per heavy atom. The number of rotatable bonds is 8. The van der Waals surface area contributed by atoms with Gasteiger partial charge in [-0.3, -0.25) is 4.79 Å². The summed E-state index contributed by atoms with van der Waals surface area (Å²) in [6, 6.07) is 6.15. The molecule has 1 unspecified atom stereocenters. The van der Waals surface area contributed by atoms with E-state index in [9.17, 15) is 19.8 Å². The van der Waals surface area contributed by atoms with Gasteiger partial charge in [-0.1, -0.05) is 37.6 Å². The molecule has 1 aromatic carbocycles. The predicted octanol–water partition coefficient (Wildman–Crippen LogP) is 1.54. The zero-order valence-electron chi connectivity index (χ0n) is 13.3. The molecule has 0 spiro atoms. The molecule has 7 heteroatoms. The van der Waals surface area contributed by atoms with Crippen molar-refractivity contribution in [2.24, 2.45) is 11.7 Å². The number of aryl methyl sites for hydroxylation is 1. The van der Waals surface area contributed by atoms with Crippen molar-refractivity contribution in [1.29, 1.82) is 0 Å². The Morgan fingerprint density at radius 1 is 1.30 bits per heavy atom. The highest BCUT2D eigenvalue weighted by molar-refractivity contribution is 6.30. The lowest BCUT2D eigenvalue weighted by molar-refractivity contribution is -0.170. The van der Waals surface area contributed by atoms with Crippen molar-refractivity contribution in [1.82, 2.24) is 5.32 Å². The van der Waals surface area contributed by atoms with E-state index in [4.69, 9.17) is 17.3 Å². The summed E-state index contributed by atoms with van der Waals surface area (Å²) in [5, 5.41) is 22.1. The molecule has 2 atom stereocenters. The Balaban J connectivity index is 2.56. The first-order valence-electron chi connectivity index (χ1n) is 7.43. The third kappa shape index (κ3) is 5.49. The highest BCUT2D eigenvalue weighted by atomic mass is 35.5. The van der Waals surface area contributed by atoms with Crippen molar-refractivity contribution in [3.63, 3.8) is 0 Å². The Bertz CT molecular complexity index is 548. The van der Waals surface area contributed by atoms with Gasteiger partial charge in [0, 0.05) is 11.4 Å². The minimum Gasteiger partial charge on any atom is -0.478 e. The molecular weight excluding hydrogens is 320 g/mol. The van der Waals surface area contributed by atoms with Crippen LogP contribution in [0.3, 0.4) is 0 Å². The van der Waals surface area contributed by atoms with Crippen LogP contribution in [-0.2, 0) is 16.0 Å². The van der Waals surface area contributed by atoms with Gasteiger partial charge in [-0.15, -0.1) is 0 Å². The van der Waals surface area contributed by atoms with E-state index < -0.39 is 23.6 Å². The second-order valence-corrected chi connectivity index (χ2v) is 6.31. The number of benzene rings is 1. The lowest BCUT2D eigenvalue weighted by Crippen LogP contribution is -2.66. The van der Waals surface area contributed by atoms with Crippen molar-refractivity contribution in [2.75, 3.05) is 0 Å². The SMILES string of the molecule is CC(C)C(N)[C@@](O)(NC(=O)CCCc1ccc(Cl)cc1)C(=O)O. The molecule has 0 heterocycles. The monoisotopic (exact) mass is 342 g/mol. The van der Waals surface area contributed by atoms with Crippen LogP contribution in [0.15, 0.2) is 24.3 Å². The van der Waals surface area contributed by atoms with Gasteiger partial charge in [-0.2, -0.15) is 0 Å². The molecule has 23 heavy (non-hydrogen) atoms. The van der Waals surface area contributed by atoms with Crippen LogP contribution < -0.4 is 11.1 Å². The Morgan fingerprint density at radius 3 is 2.35 bits per heavy atom. The zero-order valence-corrected chi connectivity index (χ0v) is 14.0. The Kier molecular flexibility index (Phi) is 7.00. The minimum atomic E-state index is -2.47. The predicted molar refractivity (Wildman–Crippen MR) is 87.9 cm³/mol. The third-order valence-corrected chi connectivity index (χ3v) is 3.89. The second-order valence-electron chi connectivity index (χ2n) is 5.87. The van der Waals surface area contributed by atoms with Crippen LogP contribution in [0.2, 0.25) is 5.02 Å². The normalized spacial score (nSPS) is 15.0. The number of halogens is 1. The number of carboxylic acid groups (broad SMARTS) is 1. The lowest BCUT2D eigenvalue weighted by Gasteiger charge is -2.32. The molecule has 0 fully saturated rings. The quantitative estimate of drug-likeness (QED) is 0.535. The Labute approximate surface area is 140 Å². The summed E-state index contributed by atoms with van der Waals surface area (Å²) < 4.78 is 0. The summed E-state index contributed by atoms with van der Waals surface area (Å²) in [6.45, 7) is 3.34. The second kappa shape index (κ2) is 8.29. The molecule has 6 nitrogen and oxygen atoms in total. The average molecular weight is 343 g/mol. The number of hydrogen-bond donors (Lipinski definition) is 4. The van der Waals surface area contributed by atoms with Gasteiger partial charge in [0.05, 0.1) is 6.04 Å². The number of hydrogen-bond acceptors (Lipinski definition) is 4. The maximum Gasteiger partial charge on any atom is 0.358 e. The largest absolute Gasteiger partial charge is 0.478 e. The van der Waals surface area contributed by atoms with Crippen LogP contribution in [0, 0.1) is 5.92 Å². The highest BCUT2D eigenvalue weighted by Gasteiger charge is 2.45. The van der Waals surface area contributed by atoms with E-state index in [1.54, 1.807) is 26.0 Å². The number of carboxylic acids is 1. The fraction of sp³-hybridized carbons (Fsp3) is 0.500. The van der Waals surface area contributed by atoms with Crippen LogP contribution in [0.1, 0.15) is 32.3 Å². The topological polar surface area (TPSA) is 113 Å². The van der Waals surface area contributed by atoms with Crippen LogP contribution in [-0.4, -0.2) is 33.9 Å². The maximum absolute atomic E-state index is 11.9. The molecule has 0 bridgehead atoms. The molecule has 0 aliphatic heterocycles. The number of carbonyl (C=O) groups is 2. The molecule has 0 radical (unpaired) electrons. The van der Waals surface area contributed by atoms with Gasteiger partial charge in [0.15, 0.2) is 0 Å². The highest BCUT2D eigenvalue weighted by Crippen LogP contribution is 2.15. The standard InChI is InChI=1S/C16H23ClN2O4/c1-10(2)14(18)16(23,15(21)22)19-13(20)5-3-4-11-6-8-12(17)9-7-11/h6-10,14,23H,3-5,18H2,1-2H3,(H,19,20)(H,21,22)/t14?,16-/m0/s1. The van der Waals surface area contributed by atoms with Gasteiger partial charge in [-0.25, -0.2) is 4.79 Å². The Hall–Kier alpha value is -1.63. The van der Waals surface area contributed by atoms with E-state index in [2.05, 4.69) is 5.32 Å². The van der Waals surface area contributed by atoms with Crippen molar-refractivity contribution < 1.29 is 19.8 Å². The van der Waals surface area contributed by atoms with E-state index in [0.29, 0.717) is 17.9 Å². The van der Waals surface area contributed by atoms with E-state index >= 15 is 0 Å². The summed E-state index contributed by atoms with van der Waals surface area (Å²) >= 11 is 5.79. The molecule has 0 aromatic heterocycles. The molecule has 1 aromatic rings. The van der Waals surface area contributed by atoms with Gasteiger partial charge in [-0.05, 0) is 36.5 Å². The molecule has 1 amide bonds. The van der Waals surface area contributed by atoms with Gasteiger partial charge >= 0.3 is 5.97 Å². The number of aliphatic hydroxyl groups is 1. The van der Waals surface area contributed by atoms with E-state index in [-0.39, 0.29) is 12.3 Å². The number of amides is 1. The molecule has 128 valence electrons. The fourth-order valence-electron chi connectivity index (χ4n) is 2.14. The lowest BCUT2D eigenvalue weighted by atomic mass is 9.93. The van der Waals surface area contributed by atoms with Crippen molar-refractivity contribution in [3.05, 3.63) is 34.9 Å². The summed E-state index contributed by atoms with van der Waals surface area (Å²) in [6.07, 6.45) is 1.25. The van der Waals surface area contributed by atoms with Crippen molar-refractivity contribution in [3.8, 4) is 0 Å². The molecule has 5 N–H and O–H groups in total. The molecule has 1 rings (SSSR count). The summed E-state index contributed by atoms with van der Waals surface area (Å²) in [5.41, 5.74) is 4.28. The first-order chi connectivity index (χ1) is 10.7. The first kappa shape index (κ1) is 19.4. The molecular formula is C16H23ClN2O4. The maximum atomic E-state index is 11.9. The van der Waals surface area contributed by atoms with Crippen LogP contribution in [0.25, 0.3) is 0 Å². The van der Waals surface area contributed by atoms with E-state index in [1.165, 1.54) is 0 Å². The van der Waals surface area contributed by atoms with Crippen molar-refractivity contribution in [2.45, 2.75) is 44.9 Å². The average Bonchev–Trinajstić information content (AvgIpc) is 2.48. The number of nitrogens with two attached hydrogens (primary N) is 1. The summed E-state index contributed by atoms with van der Waals surface area (Å²) in [7, 11) is 0.